The van der Waals surface area contributed by atoms with Gasteiger partial charge in [-0.2, -0.15) is 4.98 Å². The zero-order chi connectivity index (χ0) is 21.7. The van der Waals surface area contributed by atoms with Gasteiger partial charge in [-0.15, -0.1) is 0 Å². The number of hydrogen-bond acceptors (Lipinski definition) is 8. The van der Waals surface area contributed by atoms with Gasteiger partial charge in [-0.1, -0.05) is 29.8 Å². The molecule has 10 nitrogen and oxygen atoms in total. The number of nitrogens with zero attached hydrogens (tertiary/aromatic N) is 3. The van der Waals surface area contributed by atoms with Crippen LogP contribution in [0.15, 0.2) is 48.7 Å². The lowest BCUT2D eigenvalue weighted by atomic mass is 10.1. The molecule has 0 saturated carbocycles. The monoisotopic (exact) mass is 428 g/mol. The second kappa shape index (κ2) is 9.05. The van der Waals surface area contributed by atoms with Gasteiger partial charge in [0.05, 0.1) is 23.9 Å². The summed E-state index contributed by atoms with van der Waals surface area (Å²) >= 11 is 6.17. The summed E-state index contributed by atoms with van der Waals surface area (Å²) in [5, 5.41) is 17.2. The molecule has 1 aromatic heterocycles. The average molecular weight is 429 g/mol. The molecular weight excluding hydrogens is 412 g/mol. The predicted molar refractivity (Wildman–Crippen MR) is 112 cm³/mol. The van der Waals surface area contributed by atoms with Crippen molar-refractivity contribution in [3.63, 3.8) is 0 Å². The zero-order valence-electron chi connectivity index (χ0n) is 15.8. The molecule has 0 aliphatic carbocycles. The van der Waals surface area contributed by atoms with E-state index in [0.717, 1.165) is 0 Å². The van der Waals surface area contributed by atoms with Crippen molar-refractivity contribution in [1.82, 2.24) is 9.97 Å². The fraction of sp³-hybridized carbons (Fsp3) is 0.105. The van der Waals surface area contributed by atoms with Crippen LogP contribution in [0.2, 0.25) is 5.02 Å². The maximum Gasteiger partial charge on any atom is 0.271 e. The molecule has 0 fully saturated rings. The number of non-ortho nitro benzene ring substituents is 1. The molecule has 30 heavy (non-hydrogen) atoms. The SMILES string of the molecule is COc1ccc([N+](=O)[O-])cc1Nc1ncc(Cl)c(NCc2ccccc2C(N)=O)n1. The number of hydrogen-bond donors (Lipinski definition) is 3. The van der Waals surface area contributed by atoms with E-state index in [-0.39, 0.29) is 23.2 Å². The Bertz CT molecular complexity index is 1110. The maximum absolute atomic E-state index is 11.6. The van der Waals surface area contributed by atoms with Crippen LogP contribution in [0.25, 0.3) is 0 Å². The summed E-state index contributed by atoms with van der Waals surface area (Å²) in [6.45, 7) is 0.245. The van der Waals surface area contributed by atoms with E-state index in [1.165, 1.54) is 31.5 Å². The van der Waals surface area contributed by atoms with E-state index < -0.39 is 10.8 Å². The van der Waals surface area contributed by atoms with Crippen molar-refractivity contribution in [2.45, 2.75) is 6.54 Å². The summed E-state index contributed by atoms with van der Waals surface area (Å²) in [7, 11) is 1.44. The number of carbonyl (C=O) groups is 1. The third-order valence-electron chi connectivity index (χ3n) is 4.11. The maximum atomic E-state index is 11.6. The van der Waals surface area contributed by atoms with Crippen LogP contribution in [-0.2, 0) is 6.54 Å². The fourth-order valence-corrected chi connectivity index (χ4v) is 2.83. The Balaban J connectivity index is 1.84. The van der Waals surface area contributed by atoms with Crippen molar-refractivity contribution in [3.8, 4) is 5.75 Å². The van der Waals surface area contributed by atoms with Crippen LogP contribution in [-0.4, -0.2) is 27.9 Å². The van der Waals surface area contributed by atoms with Gasteiger partial charge in [0, 0.05) is 24.2 Å². The van der Waals surface area contributed by atoms with Crippen LogP contribution in [0.4, 0.5) is 23.1 Å². The van der Waals surface area contributed by atoms with Crippen LogP contribution < -0.4 is 21.1 Å². The first-order valence-electron chi connectivity index (χ1n) is 8.62. The summed E-state index contributed by atoms with van der Waals surface area (Å²) in [6, 6.07) is 11.0. The molecule has 0 bridgehead atoms. The molecule has 0 saturated heterocycles. The van der Waals surface area contributed by atoms with Gasteiger partial charge in [-0.05, 0) is 17.7 Å². The highest BCUT2D eigenvalue weighted by atomic mass is 35.5. The lowest BCUT2D eigenvalue weighted by Gasteiger charge is -2.13. The van der Waals surface area contributed by atoms with E-state index >= 15 is 0 Å². The Morgan fingerprint density at radius 2 is 2.07 bits per heavy atom. The van der Waals surface area contributed by atoms with Gasteiger partial charge in [0.1, 0.15) is 10.8 Å². The largest absolute Gasteiger partial charge is 0.495 e. The normalized spacial score (nSPS) is 10.3. The van der Waals surface area contributed by atoms with Crippen molar-refractivity contribution in [1.29, 1.82) is 0 Å². The number of nitro benzene ring substituents is 1. The summed E-state index contributed by atoms with van der Waals surface area (Å²) in [6.07, 6.45) is 1.38. The number of primary amides is 1. The number of aromatic nitrogens is 2. The van der Waals surface area contributed by atoms with Crippen molar-refractivity contribution in [3.05, 3.63) is 74.9 Å². The van der Waals surface area contributed by atoms with Crippen molar-refractivity contribution >= 4 is 40.6 Å². The first kappa shape index (κ1) is 20.8. The summed E-state index contributed by atoms with van der Waals surface area (Å²) < 4.78 is 5.22. The molecule has 1 amide bonds. The topological polar surface area (TPSA) is 145 Å². The second-order valence-electron chi connectivity index (χ2n) is 6.03. The molecule has 0 unspecified atom stereocenters. The highest BCUT2D eigenvalue weighted by Gasteiger charge is 2.14. The number of nitrogens with two attached hydrogens (primary N) is 1. The van der Waals surface area contributed by atoms with E-state index in [4.69, 9.17) is 22.1 Å². The molecular formula is C19H17ClN6O4. The Morgan fingerprint density at radius 1 is 1.30 bits per heavy atom. The summed E-state index contributed by atoms with van der Waals surface area (Å²) in [5.41, 5.74) is 6.66. The number of halogens is 1. The van der Waals surface area contributed by atoms with Gasteiger partial charge in [-0.25, -0.2) is 4.98 Å². The van der Waals surface area contributed by atoms with E-state index in [1.54, 1.807) is 24.3 Å². The third-order valence-corrected chi connectivity index (χ3v) is 4.39. The molecule has 0 spiro atoms. The molecule has 0 atom stereocenters. The molecule has 2 aromatic carbocycles. The number of amides is 1. The highest BCUT2D eigenvalue weighted by Crippen LogP contribution is 2.31. The molecule has 3 aromatic rings. The van der Waals surface area contributed by atoms with Crippen molar-refractivity contribution in [2.75, 3.05) is 17.7 Å². The van der Waals surface area contributed by atoms with Crippen LogP contribution in [0.3, 0.4) is 0 Å². The smallest absolute Gasteiger partial charge is 0.271 e. The van der Waals surface area contributed by atoms with E-state index in [1.807, 2.05) is 0 Å². The Kier molecular flexibility index (Phi) is 6.28. The number of ether oxygens (including phenoxy) is 1. The van der Waals surface area contributed by atoms with Crippen LogP contribution in [0.5, 0.6) is 5.75 Å². The molecule has 3 rings (SSSR count). The van der Waals surface area contributed by atoms with Crippen LogP contribution in [0, 0.1) is 10.1 Å². The van der Waals surface area contributed by atoms with Gasteiger partial charge in [0.25, 0.3) is 5.69 Å². The van der Waals surface area contributed by atoms with Gasteiger partial charge in [0.15, 0.2) is 5.82 Å². The lowest BCUT2D eigenvalue weighted by molar-refractivity contribution is -0.384. The highest BCUT2D eigenvalue weighted by molar-refractivity contribution is 6.32. The van der Waals surface area contributed by atoms with Crippen molar-refractivity contribution < 1.29 is 14.5 Å². The molecule has 154 valence electrons. The summed E-state index contributed by atoms with van der Waals surface area (Å²) in [4.78, 5) is 30.5. The molecule has 0 aliphatic rings. The van der Waals surface area contributed by atoms with Crippen molar-refractivity contribution in [2.24, 2.45) is 5.73 Å². The minimum atomic E-state index is -0.540. The Hall–Kier alpha value is -3.92. The van der Waals surface area contributed by atoms with Crippen LogP contribution >= 0.6 is 11.6 Å². The number of rotatable bonds is 8. The number of methoxy groups -OCH3 is 1. The predicted octanol–water partition coefficient (Wildman–Crippen LogP) is 3.50. The Labute approximate surface area is 176 Å². The number of benzene rings is 2. The van der Waals surface area contributed by atoms with Gasteiger partial charge < -0.3 is 21.1 Å². The molecule has 4 N–H and O–H groups in total. The fourth-order valence-electron chi connectivity index (χ4n) is 2.67. The zero-order valence-corrected chi connectivity index (χ0v) is 16.5. The van der Waals surface area contributed by atoms with Gasteiger partial charge >= 0.3 is 0 Å². The molecule has 0 radical (unpaired) electrons. The van der Waals surface area contributed by atoms with Crippen LogP contribution in [0.1, 0.15) is 15.9 Å². The average Bonchev–Trinajstić information content (AvgIpc) is 2.74. The number of nitro groups is 1. The van der Waals surface area contributed by atoms with E-state index in [9.17, 15) is 14.9 Å². The minimum absolute atomic E-state index is 0.117. The molecule has 11 heteroatoms. The third kappa shape index (κ3) is 4.73. The first-order chi connectivity index (χ1) is 14.4. The number of nitrogens with one attached hydrogen (secondary N) is 2. The lowest BCUT2D eigenvalue weighted by Crippen LogP contribution is -2.15. The van der Waals surface area contributed by atoms with E-state index in [2.05, 4.69) is 20.6 Å². The number of carbonyl (C=O) groups excluding carboxylic acids is 1. The quantitative estimate of drug-likeness (QED) is 0.365. The van der Waals surface area contributed by atoms with Gasteiger partial charge in [0.2, 0.25) is 11.9 Å². The van der Waals surface area contributed by atoms with Gasteiger partial charge in [-0.3, -0.25) is 14.9 Å². The Morgan fingerprint density at radius 3 is 2.77 bits per heavy atom. The first-order valence-corrected chi connectivity index (χ1v) is 9.00. The standard InChI is InChI=1S/C19H17ClN6O4/c1-30-16-7-6-12(26(28)29)8-15(16)24-19-23-10-14(20)18(25-19)22-9-11-4-2-3-5-13(11)17(21)27/h2-8,10H,9H2,1H3,(H2,21,27)(H2,22,23,24,25). The second-order valence-corrected chi connectivity index (χ2v) is 6.44. The summed E-state index contributed by atoms with van der Waals surface area (Å²) in [5.74, 6) is 0.284. The molecule has 0 aliphatic heterocycles. The number of anilines is 3. The molecule has 1 heterocycles. The van der Waals surface area contributed by atoms with E-state index in [0.29, 0.717) is 28.4 Å². The minimum Gasteiger partial charge on any atom is -0.495 e.